The van der Waals surface area contributed by atoms with Crippen LogP contribution in [-0.2, 0) is 22.6 Å². The highest BCUT2D eigenvalue weighted by Crippen LogP contribution is 2.38. The second-order valence-corrected chi connectivity index (χ2v) is 10.4. The number of nitrogens with one attached hydrogen (secondary N) is 2. The van der Waals surface area contributed by atoms with Gasteiger partial charge in [-0.05, 0) is 42.5 Å². The second kappa shape index (κ2) is 11.2. The Bertz CT molecular complexity index is 1090. The Morgan fingerprint density at radius 3 is 2.67 bits per heavy atom. The van der Waals surface area contributed by atoms with Crippen molar-refractivity contribution in [1.82, 2.24) is 20.5 Å². The van der Waals surface area contributed by atoms with Crippen LogP contribution >= 0.6 is 11.8 Å². The molecule has 1 aliphatic carbocycles. The van der Waals surface area contributed by atoms with Gasteiger partial charge < -0.3 is 19.9 Å². The first-order chi connectivity index (χ1) is 17.6. The molecule has 3 aliphatic rings. The van der Waals surface area contributed by atoms with E-state index in [1.807, 2.05) is 47.4 Å². The minimum atomic E-state index is -0.287. The summed E-state index contributed by atoms with van der Waals surface area (Å²) in [6, 6.07) is 18.1. The molecule has 2 amide bonds. The average molecular weight is 508 g/mol. The molecule has 1 saturated heterocycles. The predicted molar refractivity (Wildman–Crippen MR) is 141 cm³/mol. The van der Waals surface area contributed by atoms with Crippen LogP contribution in [0.5, 0.6) is 5.75 Å². The van der Waals surface area contributed by atoms with Gasteiger partial charge in [0.15, 0.2) is 11.5 Å². The van der Waals surface area contributed by atoms with Gasteiger partial charge in [-0.15, -0.1) is 0 Å². The molecule has 3 atom stereocenters. The average Bonchev–Trinajstić information content (AvgIpc) is 3.35. The van der Waals surface area contributed by atoms with Gasteiger partial charge in [-0.3, -0.25) is 15.0 Å². The van der Waals surface area contributed by atoms with E-state index in [0.29, 0.717) is 13.1 Å². The third kappa shape index (κ3) is 5.31. The van der Waals surface area contributed by atoms with Crippen LogP contribution in [0.15, 0.2) is 59.7 Å². The molecule has 190 valence electrons. The van der Waals surface area contributed by atoms with Gasteiger partial charge in [0.05, 0.1) is 18.8 Å². The number of nitrogens with zero attached hydrogens (tertiary/aromatic N) is 3. The number of hydrogen-bond acceptors (Lipinski definition) is 7. The minimum absolute atomic E-state index is 0.0135. The highest BCUT2D eigenvalue weighted by Gasteiger charge is 2.50. The molecule has 2 N–H and O–H groups in total. The zero-order chi connectivity index (χ0) is 24.9. The van der Waals surface area contributed by atoms with Crippen LogP contribution in [-0.4, -0.2) is 58.5 Å². The fourth-order valence-electron chi connectivity index (χ4n) is 5.31. The molecule has 0 radical (unpaired) electrons. The largest absolute Gasteiger partial charge is 0.497 e. The van der Waals surface area contributed by atoms with E-state index < -0.39 is 0 Å². The quantitative estimate of drug-likeness (QED) is 0.571. The summed E-state index contributed by atoms with van der Waals surface area (Å²) in [4.78, 5) is 30.3. The van der Waals surface area contributed by atoms with E-state index in [0.717, 1.165) is 48.6 Å². The molecule has 5 rings (SSSR count). The molecular weight excluding hydrogens is 474 g/mol. The summed E-state index contributed by atoms with van der Waals surface area (Å²) < 4.78 is 5.18. The third-order valence-corrected chi connectivity index (χ3v) is 8.17. The number of benzene rings is 2. The standard InChI is InChI=1S/C27H33N5O3S/c1-35-21-13-11-20(12-14-21)17-28-24(33)18-36-27-30-29-26-31(16-15-19-7-3-2-4-8-19)25(34)22-9-5-6-10-23(22)32(26)27/h2-4,7-8,11-14,22-23,26,29H,5-6,9-10,15-18H2,1H3,(H,28,33). The van der Waals surface area contributed by atoms with Gasteiger partial charge in [-0.2, -0.15) is 5.10 Å². The number of carbonyl (C=O) groups is 2. The number of carbonyl (C=O) groups excluding carboxylic acids is 2. The van der Waals surface area contributed by atoms with E-state index in [1.54, 1.807) is 7.11 Å². The van der Waals surface area contributed by atoms with Crippen molar-refractivity contribution in [3.8, 4) is 5.75 Å². The molecule has 2 aromatic rings. The van der Waals surface area contributed by atoms with E-state index in [1.165, 1.54) is 17.3 Å². The Morgan fingerprint density at radius 1 is 1.11 bits per heavy atom. The van der Waals surface area contributed by atoms with Gasteiger partial charge >= 0.3 is 0 Å². The van der Waals surface area contributed by atoms with Gasteiger partial charge in [-0.1, -0.05) is 67.1 Å². The van der Waals surface area contributed by atoms with Crippen LogP contribution in [0.25, 0.3) is 0 Å². The molecule has 9 heteroatoms. The predicted octanol–water partition coefficient (Wildman–Crippen LogP) is 3.15. The molecule has 2 heterocycles. The fraction of sp³-hybridized carbons (Fsp3) is 0.444. The van der Waals surface area contributed by atoms with Crippen molar-refractivity contribution in [3.05, 3.63) is 65.7 Å². The lowest BCUT2D eigenvalue weighted by Gasteiger charge is -2.50. The Labute approximate surface area is 216 Å². The molecular formula is C27H33N5O3S. The SMILES string of the molecule is COc1ccc(CNC(=O)CSC2=NNC3N(CCc4ccccc4)C(=O)C4CCCCC4N23)cc1. The van der Waals surface area contributed by atoms with Crippen LogP contribution in [0.2, 0.25) is 0 Å². The van der Waals surface area contributed by atoms with Crippen molar-refractivity contribution in [2.45, 2.75) is 51.0 Å². The molecule has 8 nitrogen and oxygen atoms in total. The van der Waals surface area contributed by atoms with Crippen LogP contribution in [0.4, 0.5) is 0 Å². The summed E-state index contributed by atoms with van der Waals surface area (Å²) in [5.41, 5.74) is 5.43. The van der Waals surface area contributed by atoms with Gasteiger partial charge in [0.25, 0.3) is 0 Å². The summed E-state index contributed by atoms with van der Waals surface area (Å²) in [6.07, 6.45) is 4.59. The molecule has 0 aromatic heterocycles. The van der Waals surface area contributed by atoms with E-state index in [4.69, 9.17) is 4.74 Å². The van der Waals surface area contributed by atoms with Crippen molar-refractivity contribution < 1.29 is 14.3 Å². The zero-order valence-electron chi connectivity index (χ0n) is 20.6. The molecule has 2 fully saturated rings. The number of hydrogen-bond donors (Lipinski definition) is 2. The summed E-state index contributed by atoms with van der Waals surface area (Å²) >= 11 is 1.44. The Balaban J connectivity index is 1.21. The first kappa shape index (κ1) is 24.5. The molecule has 3 unspecified atom stereocenters. The number of fused-ring (bicyclic) bond motifs is 3. The highest BCUT2D eigenvalue weighted by atomic mass is 32.2. The zero-order valence-corrected chi connectivity index (χ0v) is 21.4. The Hall–Kier alpha value is -3.20. The topological polar surface area (TPSA) is 86.3 Å². The lowest BCUT2D eigenvalue weighted by molar-refractivity contribution is -0.155. The number of hydrazone groups is 1. The lowest BCUT2D eigenvalue weighted by atomic mass is 9.81. The summed E-state index contributed by atoms with van der Waals surface area (Å²) in [7, 11) is 1.63. The molecule has 1 saturated carbocycles. The van der Waals surface area contributed by atoms with Gasteiger partial charge in [0.1, 0.15) is 5.75 Å². The number of rotatable bonds is 8. The molecule has 36 heavy (non-hydrogen) atoms. The van der Waals surface area contributed by atoms with Gasteiger partial charge in [0.2, 0.25) is 11.8 Å². The van der Waals surface area contributed by atoms with E-state index >= 15 is 0 Å². The number of ether oxygens (including phenoxy) is 1. The van der Waals surface area contributed by atoms with Gasteiger partial charge in [-0.25, -0.2) is 0 Å². The highest BCUT2D eigenvalue weighted by molar-refractivity contribution is 8.14. The van der Waals surface area contributed by atoms with Crippen molar-refractivity contribution in [2.24, 2.45) is 11.0 Å². The lowest BCUT2D eigenvalue weighted by Crippen LogP contribution is -2.67. The maximum absolute atomic E-state index is 13.5. The maximum atomic E-state index is 13.5. The first-order valence-corrected chi connectivity index (χ1v) is 13.6. The van der Waals surface area contributed by atoms with E-state index in [9.17, 15) is 9.59 Å². The van der Waals surface area contributed by atoms with Crippen LogP contribution in [0.1, 0.15) is 36.8 Å². The summed E-state index contributed by atoms with van der Waals surface area (Å²) in [5, 5.41) is 8.37. The maximum Gasteiger partial charge on any atom is 0.230 e. The first-order valence-electron chi connectivity index (χ1n) is 12.6. The minimum Gasteiger partial charge on any atom is -0.497 e. The number of amidine groups is 1. The molecule has 2 aliphatic heterocycles. The Kier molecular flexibility index (Phi) is 7.65. The van der Waals surface area contributed by atoms with Crippen molar-refractivity contribution in [3.63, 3.8) is 0 Å². The van der Waals surface area contributed by atoms with Crippen molar-refractivity contribution >= 4 is 28.7 Å². The van der Waals surface area contributed by atoms with E-state index in [2.05, 4.69) is 32.9 Å². The smallest absolute Gasteiger partial charge is 0.230 e. The summed E-state index contributed by atoms with van der Waals surface area (Å²) in [5.74, 6) is 1.23. The normalized spacial score (nSPS) is 22.9. The fourth-order valence-corrected chi connectivity index (χ4v) is 6.17. The van der Waals surface area contributed by atoms with Gasteiger partial charge in [0, 0.05) is 19.1 Å². The molecule has 0 spiro atoms. The third-order valence-electron chi connectivity index (χ3n) is 7.21. The van der Waals surface area contributed by atoms with Crippen LogP contribution < -0.4 is 15.5 Å². The molecule has 0 bridgehead atoms. The number of amides is 2. The van der Waals surface area contributed by atoms with Crippen LogP contribution in [0, 0.1) is 5.92 Å². The Morgan fingerprint density at radius 2 is 1.89 bits per heavy atom. The van der Waals surface area contributed by atoms with E-state index in [-0.39, 0.29) is 35.8 Å². The van der Waals surface area contributed by atoms with Crippen molar-refractivity contribution in [2.75, 3.05) is 19.4 Å². The van der Waals surface area contributed by atoms with Crippen molar-refractivity contribution in [1.29, 1.82) is 0 Å². The monoisotopic (exact) mass is 507 g/mol. The second-order valence-electron chi connectivity index (χ2n) is 9.44. The summed E-state index contributed by atoms with van der Waals surface area (Å²) in [6.45, 7) is 1.10. The number of methoxy groups -OCH3 is 1. The van der Waals surface area contributed by atoms with Crippen LogP contribution in [0.3, 0.4) is 0 Å². The number of thioether (sulfide) groups is 1. The molecule has 2 aromatic carbocycles.